The molecule has 3 rings (SSSR count). The minimum Gasteiger partial charge on any atom is -0.497 e. The quantitative estimate of drug-likeness (QED) is 0.696. The largest absolute Gasteiger partial charge is 0.497 e. The number of oxazole rings is 1. The molecule has 0 amide bonds. The van der Waals surface area contributed by atoms with Crippen LogP contribution in [0.1, 0.15) is 17.5 Å². The number of methoxy groups -OCH3 is 1. The second kappa shape index (κ2) is 7.76. The Morgan fingerprint density at radius 3 is 2.62 bits per heavy atom. The first-order chi connectivity index (χ1) is 12.6. The van der Waals surface area contributed by atoms with Gasteiger partial charge in [0.15, 0.2) is 0 Å². The van der Waals surface area contributed by atoms with Gasteiger partial charge in [-0.3, -0.25) is 4.90 Å². The third kappa shape index (κ3) is 3.71. The van der Waals surface area contributed by atoms with Gasteiger partial charge < -0.3 is 18.9 Å². The molecule has 0 spiro atoms. The average Bonchev–Trinajstić information content (AvgIpc) is 3.31. The summed E-state index contributed by atoms with van der Waals surface area (Å²) in [5, 5.41) is 12.5. The summed E-state index contributed by atoms with van der Waals surface area (Å²) in [7, 11) is 5.53. The standard InChI is InChI=1S/C19H20N4O3/c1-23(2)16(17-5-4-10-25-17)12-21-19-15(11-20)22-18(26-19)13-6-8-14(24-3)9-7-13/h4-10,16,21H,12H2,1-3H3/t16-/m0/s1. The van der Waals surface area contributed by atoms with Crippen LogP contribution in [0.25, 0.3) is 11.5 Å². The Bertz CT molecular complexity index is 877. The number of anilines is 1. The van der Waals surface area contributed by atoms with Gasteiger partial charge in [0, 0.05) is 12.1 Å². The monoisotopic (exact) mass is 352 g/mol. The highest BCUT2D eigenvalue weighted by Gasteiger charge is 2.20. The number of nitrogens with zero attached hydrogens (tertiary/aromatic N) is 3. The van der Waals surface area contributed by atoms with Crippen molar-refractivity contribution < 1.29 is 13.6 Å². The van der Waals surface area contributed by atoms with E-state index in [1.165, 1.54) is 0 Å². The molecule has 1 aromatic carbocycles. The van der Waals surface area contributed by atoms with Crippen LogP contribution in [-0.4, -0.2) is 37.6 Å². The Morgan fingerprint density at radius 2 is 2.04 bits per heavy atom. The number of likely N-dealkylation sites (N-methyl/N-ethyl adjacent to an activating group) is 1. The van der Waals surface area contributed by atoms with Gasteiger partial charge in [-0.05, 0) is 50.5 Å². The lowest BCUT2D eigenvalue weighted by molar-refractivity contribution is 0.268. The van der Waals surface area contributed by atoms with Gasteiger partial charge in [-0.25, -0.2) is 0 Å². The first-order valence-electron chi connectivity index (χ1n) is 8.11. The summed E-state index contributed by atoms with van der Waals surface area (Å²) in [5.41, 5.74) is 0.985. The van der Waals surface area contributed by atoms with Crippen molar-refractivity contribution in [1.82, 2.24) is 9.88 Å². The predicted molar refractivity (Wildman–Crippen MR) is 96.8 cm³/mol. The average molecular weight is 352 g/mol. The van der Waals surface area contributed by atoms with Crippen molar-refractivity contribution in [1.29, 1.82) is 5.26 Å². The second-order valence-corrected chi connectivity index (χ2v) is 5.91. The lowest BCUT2D eigenvalue weighted by Crippen LogP contribution is -2.26. The van der Waals surface area contributed by atoms with Gasteiger partial charge >= 0.3 is 0 Å². The molecule has 2 heterocycles. The number of hydrogen-bond donors (Lipinski definition) is 1. The molecule has 0 fully saturated rings. The predicted octanol–water partition coefficient (Wildman–Crippen LogP) is 3.53. The number of nitrogens with one attached hydrogen (secondary N) is 1. The second-order valence-electron chi connectivity index (χ2n) is 5.91. The van der Waals surface area contributed by atoms with Crippen molar-refractivity contribution in [2.24, 2.45) is 0 Å². The van der Waals surface area contributed by atoms with Gasteiger partial charge in [0.1, 0.15) is 17.6 Å². The number of benzene rings is 1. The summed E-state index contributed by atoms with van der Waals surface area (Å²) < 4.78 is 16.4. The van der Waals surface area contributed by atoms with E-state index in [4.69, 9.17) is 13.6 Å². The summed E-state index contributed by atoms with van der Waals surface area (Å²) in [4.78, 5) is 6.30. The molecule has 0 radical (unpaired) electrons. The van der Waals surface area contributed by atoms with Crippen LogP contribution in [0.2, 0.25) is 0 Å². The Kier molecular flexibility index (Phi) is 5.25. The zero-order chi connectivity index (χ0) is 18.5. The van der Waals surface area contributed by atoms with Crippen LogP contribution in [0.5, 0.6) is 5.75 Å². The summed E-state index contributed by atoms with van der Waals surface area (Å²) in [5.74, 6) is 2.30. The van der Waals surface area contributed by atoms with Gasteiger partial charge in [-0.15, -0.1) is 0 Å². The van der Waals surface area contributed by atoms with Crippen LogP contribution >= 0.6 is 0 Å². The lowest BCUT2D eigenvalue weighted by Gasteiger charge is -2.22. The Balaban J connectivity index is 1.79. The van der Waals surface area contributed by atoms with Gasteiger partial charge in [0.05, 0.1) is 19.4 Å². The minimum atomic E-state index is -0.00826. The third-order valence-corrected chi connectivity index (χ3v) is 4.02. The molecular formula is C19H20N4O3. The number of rotatable bonds is 7. The molecular weight excluding hydrogens is 332 g/mol. The van der Waals surface area contributed by atoms with Gasteiger partial charge in [0.2, 0.25) is 17.5 Å². The molecule has 0 saturated heterocycles. The van der Waals surface area contributed by atoms with Crippen molar-refractivity contribution >= 4 is 5.88 Å². The summed E-state index contributed by atoms with van der Waals surface area (Å²) in [6.45, 7) is 0.506. The van der Waals surface area contributed by atoms with Gasteiger partial charge in [-0.1, -0.05) is 0 Å². The molecule has 0 aliphatic carbocycles. The summed E-state index contributed by atoms with van der Waals surface area (Å²) in [6.07, 6.45) is 1.64. The zero-order valence-corrected chi connectivity index (χ0v) is 14.9. The first kappa shape index (κ1) is 17.6. The van der Waals surface area contributed by atoms with Crippen LogP contribution in [0.15, 0.2) is 51.5 Å². The van der Waals surface area contributed by atoms with Crippen LogP contribution in [0.4, 0.5) is 5.88 Å². The van der Waals surface area contributed by atoms with E-state index in [2.05, 4.69) is 16.4 Å². The van der Waals surface area contributed by atoms with Crippen LogP contribution in [0.3, 0.4) is 0 Å². The van der Waals surface area contributed by atoms with Crippen LogP contribution in [-0.2, 0) is 0 Å². The summed E-state index contributed by atoms with van der Waals surface area (Å²) >= 11 is 0. The molecule has 1 N–H and O–H groups in total. The number of ether oxygens (including phenoxy) is 1. The maximum Gasteiger partial charge on any atom is 0.232 e. The topological polar surface area (TPSA) is 87.5 Å². The minimum absolute atomic E-state index is 0.00826. The Labute approximate surface area is 151 Å². The molecule has 0 unspecified atom stereocenters. The fourth-order valence-corrected chi connectivity index (χ4v) is 2.58. The van der Waals surface area contributed by atoms with Crippen LogP contribution in [0, 0.1) is 11.3 Å². The summed E-state index contributed by atoms with van der Waals surface area (Å²) in [6, 6.07) is 13.1. The number of nitriles is 1. The van der Waals surface area contributed by atoms with E-state index in [0.717, 1.165) is 17.1 Å². The van der Waals surface area contributed by atoms with E-state index in [1.54, 1.807) is 13.4 Å². The normalized spacial score (nSPS) is 12.0. The smallest absolute Gasteiger partial charge is 0.232 e. The lowest BCUT2D eigenvalue weighted by atomic mass is 10.2. The fraction of sp³-hybridized carbons (Fsp3) is 0.263. The third-order valence-electron chi connectivity index (χ3n) is 4.02. The Hall–Kier alpha value is -3.24. The molecule has 3 aromatic rings. The van der Waals surface area contributed by atoms with E-state index < -0.39 is 0 Å². The van der Waals surface area contributed by atoms with Crippen LogP contribution < -0.4 is 10.1 Å². The van der Waals surface area contributed by atoms with Crippen molar-refractivity contribution in [2.45, 2.75) is 6.04 Å². The highest BCUT2D eigenvalue weighted by atomic mass is 16.5. The molecule has 7 heteroatoms. The number of aromatic nitrogens is 1. The maximum atomic E-state index is 9.36. The van der Waals surface area contributed by atoms with E-state index in [0.29, 0.717) is 18.3 Å². The molecule has 0 aliphatic rings. The van der Waals surface area contributed by atoms with Crippen molar-refractivity contribution in [2.75, 3.05) is 33.1 Å². The molecule has 26 heavy (non-hydrogen) atoms. The highest BCUT2D eigenvalue weighted by molar-refractivity contribution is 5.59. The van der Waals surface area contributed by atoms with E-state index >= 15 is 0 Å². The zero-order valence-electron chi connectivity index (χ0n) is 14.9. The number of hydrogen-bond acceptors (Lipinski definition) is 7. The van der Waals surface area contributed by atoms with Gasteiger partial charge in [-0.2, -0.15) is 10.2 Å². The van der Waals surface area contributed by atoms with Crippen molar-refractivity contribution in [3.05, 3.63) is 54.1 Å². The maximum absolute atomic E-state index is 9.36. The van der Waals surface area contributed by atoms with Crippen molar-refractivity contribution in [3.8, 4) is 23.3 Å². The molecule has 0 bridgehead atoms. The van der Waals surface area contributed by atoms with E-state index in [-0.39, 0.29) is 11.7 Å². The van der Waals surface area contributed by atoms with Crippen molar-refractivity contribution in [3.63, 3.8) is 0 Å². The number of furan rings is 1. The molecule has 134 valence electrons. The fourth-order valence-electron chi connectivity index (χ4n) is 2.58. The Morgan fingerprint density at radius 1 is 1.27 bits per heavy atom. The van der Waals surface area contributed by atoms with E-state index in [1.807, 2.05) is 55.4 Å². The SMILES string of the molecule is COc1ccc(-c2nc(C#N)c(NC[C@@H](c3ccco3)N(C)C)o2)cc1. The molecule has 2 aromatic heterocycles. The molecule has 0 saturated carbocycles. The van der Waals surface area contributed by atoms with Gasteiger partial charge in [0.25, 0.3) is 0 Å². The first-order valence-corrected chi connectivity index (χ1v) is 8.11. The molecule has 0 aliphatic heterocycles. The van der Waals surface area contributed by atoms with E-state index in [9.17, 15) is 5.26 Å². The molecule has 7 nitrogen and oxygen atoms in total. The highest BCUT2D eigenvalue weighted by Crippen LogP contribution is 2.28. The molecule has 1 atom stereocenters.